The average molecular weight is 1300 g/mol. The number of amides is 7. The molecule has 3 aromatic rings. The minimum Gasteiger partial charge on any atom is -0.493 e. The Hall–Kier alpha value is -8.45. The van der Waals surface area contributed by atoms with E-state index in [4.69, 9.17) is 44.0 Å². The van der Waals surface area contributed by atoms with E-state index >= 15 is 0 Å². The van der Waals surface area contributed by atoms with Gasteiger partial charge in [0.05, 0.1) is 76.5 Å². The summed E-state index contributed by atoms with van der Waals surface area (Å²) >= 11 is 1.29. The Kier molecular flexibility index (Phi) is 26.5. The molecule has 4 heterocycles. The van der Waals surface area contributed by atoms with Crippen molar-refractivity contribution in [1.29, 1.82) is 0 Å². The molecule has 1 aliphatic carbocycles. The first-order chi connectivity index (χ1) is 44.1. The van der Waals surface area contributed by atoms with Crippen LogP contribution in [0.5, 0.6) is 11.5 Å². The summed E-state index contributed by atoms with van der Waals surface area (Å²) in [5.41, 5.74) is 9.31. The molecular formula is C67H89N7O17S. The lowest BCUT2D eigenvalue weighted by molar-refractivity contribution is -0.145. The number of carbonyl (C=O) groups excluding carboxylic acids is 8. The summed E-state index contributed by atoms with van der Waals surface area (Å²) < 4.78 is 41.7. The highest BCUT2D eigenvalue weighted by Gasteiger charge is 2.46. The number of thiophene rings is 1. The fraction of sp³-hybridized carbons (Fsp3) is 0.537. The molecule has 0 spiro atoms. The number of likely N-dealkylation sites (tertiary alicyclic amines) is 1. The van der Waals surface area contributed by atoms with Gasteiger partial charge in [-0.2, -0.15) is 0 Å². The summed E-state index contributed by atoms with van der Waals surface area (Å²) in [6.07, 6.45) is 9.57. The Labute approximate surface area is 540 Å². The number of Topliss-reactive ketones (excluding diaryl/α,β-unsaturated/α-hetero) is 1. The maximum Gasteiger partial charge on any atom is 0.312 e. The lowest BCUT2D eigenvalue weighted by Gasteiger charge is -2.29. The molecule has 25 heteroatoms. The Morgan fingerprint density at radius 2 is 1.61 bits per heavy atom. The minimum atomic E-state index is -1.08. The molecule has 500 valence electrons. The summed E-state index contributed by atoms with van der Waals surface area (Å²) in [6, 6.07) is 9.25. The number of hydrogen-bond donors (Lipinski definition) is 6. The van der Waals surface area contributed by atoms with Crippen LogP contribution in [0, 0.1) is 17.3 Å². The molecule has 92 heavy (non-hydrogen) atoms. The number of imide groups is 1. The SMILES string of the molecule is CCCCC(C)(C)C1CC(=O)N(CCOCCC(=O)NC(C(=O)N[C@@H](CCCNC(N)=O)C(=O)Nc2ccc(COC(=O)CC/C(=C3/CO3)N3CC4=C(CC/C=C(OCCCOc5cc6cc(C(=O)CCC(=O)O)sc6cc5OC)\C(OC)=C/4)C3)cc2)C(C)C)C1=O. The number of unbranched alkanes of at least 4 members (excludes halogenated alkanes) is 1. The number of methoxy groups -OCH3 is 2. The molecule has 7 rings (SSSR count). The number of allylic oxidation sites excluding steroid dienone is 2. The van der Waals surface area contributed by atoms with Gasteiger partial charge in [-0.1, -0.05) is 59.6 Å². The number of ether oxygens (including phenoxy) is 7. The number of esters is 1. The second kappa shape index (κ2) is 34.3. The number of primary amides is 1. The van der Waals surface area contributed by atoms with Gasteiger partial charge in [-0.25, -0.2) is 4.79 Å². The molecule has 4 aliphatic rings. The number of hydrogen-bond acceptors (Lipinski definition) is 18. The van der Waals surface area contributed by atoms with E-state index < -0.39 is 47.8 Å². The Bertz CT molecular complexity index is 3290. The summed E-state index contributed by atoms with van der Waals surface area (Å²) in [4.78, 5) is 119. The Morgan fingerprint density at radius 1 is 0.848 bits per heavy atom. The highest BCUT2D eigenvalue weighted by atomic mass is 32.1. The number of epoxide rings is 1. The van der Waals surface area contributed by atoms with Crippen molar-refractivity contribution >= 4 is 80.4 Å². The van der Waals surface area contributed by atoms with E-state index in [-0.39, 0.29) is 113 Å². The second-order valence-corrected chi connectivity index (χ2v) is 25.3. The first kappa shape index (κ1) is 71.0. The zero-order chi connectivity index (χ0) is 66.5. The van der Waals surface area contributed by atoms with Crippen LogP contribution in [0.15, 0.2) is 88.7 Å². The van der Waals surface area contributed by atoms with Crippen molar-refractivity contribution in [2.45, 2.75) is 143 Å². The Morgan fingerprint density at radius 3 is 2.30 bits per heavy atom. The number of nitrogens with zero attached hydrogens (tertiary/aromatic N) is 2. The summed E-state index contributed by atoms with van der Waals surface area (Å²) in [6.45, 7) is 12.3. The molecule has 2 fully saturated rings. The molecule has 7 amide bonds. The van der Waals surface area contributed by atoms with Crippen LogP contribution in [0.4, 0.5) is 10.5 Å². The highest BCUT2D eigenvalue weighted by molar-refractivity contribution is 7.20. The molecule has 3 atom stereocenters. The monoisotopic (exact) mass is 1300 g/mol. The van der Waals surface area contributed by atoms with Crippen LogP contribution < -0.4 is 36.5 Å². The smallest absolute Gasteiger partial charge is 0.312 e. The van der Waals surface area contributed by atoms with Gasteiger partial charge >= 0.3 is 18.0 Å². The van der Waals surface area contributed by atoms with Gasteiger partial charge in [-0.15, -0.1) is 11.3 Å². The van der Waals surface area contributed by atoms with E-state index in [2.05, 4.69) is 33.1 Å². The standard InChI is InChI=1S/C67H89N7O17S/c1-8-9-25-67(4,5)47-35-59(77)74(65(47)83)27-31-87-30-24-58(76)72-62(41(2)3)64(82)71-48(14-11-26-69-66(68)84)63(81)70-46-18-16-42(17-19-46)39-91-61(80)23-20-49(55-40-90-55)73-37-43-13-10-15-51(52(85-6)33-45(43)38-73)88-28-12-29-89-54-32-44-34-57(50(75)21-22-60(78)79)92-56(44)36-53(54)86-7/h15-19,32-34,36,41,47-48,62H,8-14,20-31,35,37-40H2,1-7H3,(H,70,81)(H,71,82)(H,72,76)(H,78,79)(H3,68,69,84)/b51-15+,52-33+,55-49+/t47?,48-,62?/m0/s1. The fourth-order valence-electron chi connectivity index (χ4n) is 11.1. The van der Waals surface area contributed by atoms with Crippen molar-refractivity contribution in [1.82, 2.24) is 25.8 Å². The number of nitrogens with two attached hydrogens (primary N) is 1. The van der Waals surface area contributed by atoms with Crippen LogP contribution in [-0.2, 0) is 63.9 Å². The van der Waals surface area contributed by atoms with Gasteiger partial charge in [0, 0.05) is 68.2 Å². The van der Waals surface area contributed by atoms with Gasteiger partial charge in [0.15, 0.2) is 34.6 Å². The number of carboxylic acids is 1. The molecule has 0 saturated carbocycles. The topological polar surface area (TPSA) is 322 Å². The quantitative estimate of drug-likeness (QED) is 0.0103. The van der Waals surface area contributed by atoms with Crippen LogP contribution in [0.3, 0.4) is 0 Å². The lowest BCUT2D eigenvalue weighted by atomic mass is 9.74. The van der Waals surface area contributed by atoms with Gasteiger partial charge < -0.3 is 70.2 Å². The van der Waals surface area contributed by atoms with E-state index in [0.29, 0.717) is 91.3 Å². The summed E-state index contributed by atoms with van der Waals surface area (Å²) in [5, 5.41) is 20.6. The largest absolute Gasteiger partial charge is 0.493 e. The molecular weight excluding hydrogens is 1210 g/mol. The van der Waals surface area contributed by atoms with Gasteiger partial charge in [0.2, 0.25) is 29.5 Å². The number of carbonyl (C=O) groups is 9. The second-order valence-electron chi connectivity index (χ2n) is 24.2. The third-order valence-electron chi connectivity index (χ3n) is 16.5. The first-order valence-electron chi connectivity index (χ1n) is 31.6. The molecule has 7 N–H and O–H groups in total. The van der Waals surface area contributed by atoms with Crippen molar-refractivity contribution in [3.05, 3.63) is 99.2 Å². The maximum atomic E-state index is 13.8. The van der Waals surface area contributed by atoms with E-state index in [0.717, 1.165) is 52.8 Å². The van der Waals surface area contributed by atoms with Gasteiger partial charge in [0.1, 0.15) is 25.3 Å². The van der Waals surface area contributed by atoms with Crippen LogP contribution in [0.1, 0.15) is 140 Å². The van der Waals surface area contributed by atoms with Gasteiger partial charge in [-0.05, 0) is 102 Å². The number of aliphatic carboxylic acids is 1. The number of carboxylic acid groups (broad SMARTS) is 1. The molecule has 3 aliphatic heterocycles. The van der Waals surface area contributed by atoms with E-state index in [1.165, 1.54) is 21.8 Å². The number of fused-ring (bicyclic) bond motifs is 1. The molecule has 2 saturated heterocycles. The van der Waals surface area contributed by atoms with E-state index in [1.54, 1.807) is 58.4 Å². The number of anilines is 1. The number of urea groups is 1. The van der Waals surface area contributed by atoms with Crippen molar-refractivity contribution in [3.8, 4) is 11.5 Å². The zero-order valence-corrected chi connectivity index (χ0v) is 54.7. The third-order valence-corrected chi connectivity index (χ3v) is 17.7. The molecule has 24 nitrogen and oxygen atoms in total. The van der Waals surface area contributed by atoms with Crippen molar-refractivity contribution in [3.63, 3.8) is 0 Å². The molecule has 0 bridgehead atoms. The average Bonchev–Trinajstić information content (AvgIpc) is 1.77. The number of ketones is 1. The fourth-order valence-corrected chi connectivity index (χ4v) is 12.2. The first-order valence-corrected chi connectivity index (χ1v) is 32.4. The maximum absolute atomic E-state index is 13.8. The Balaban J connectivity index is 0.834. The van der Waals surface area contributed by atoms with Gasteiger partial charge in [0.25, 0.3) is 0 Å². The molecule has 0 radical (unpaired) electrons. The van der Waals surface area contributed by atoms with Crippen molar-refractivity contribution in [2.75, 3.05) is 78.7 Å². The normalized spacial score (nSPS) is 17.8. The van der Waals surface area contributed by atoms with E-state index in [1.807, 2.05) is 38.1 Å². The predicted molar refractivity (Wildman–Crippen MR) is 343 cm³/mol. The van der Waals surface area contributed by atoms with E-state index in [9.17, 15) is 43.2 Å². The molecule has 1 aromatic heterocycles. The number of benzene rings is 2. The minimum absolute atomic E-state index is 0.0188. The van der Waals surface area contributed by atoms with Crippen LogP contribution >= 0.6 is 11.3 Å². The van der Waals surface area contributed by atoms with Crippen LogP contribution in [0.25, 0.3) is 10.1 Å². The van der Waals surface area contributed by atoms with Crippen molar-refractivity contribution in [2.24, 2.45) is 23.0 Å². The summed E-state index contributed by atoms with van der Waals surface area (Å²) in [5.74, 6) is -1.38. The number of rotatable bonds is 38. The van der Waals surface area contributed by atoms with Crippen molar-refractivity contribution < 1.29 is 81.4 Å². The third kappa shape index (κ3) is 20.8. The number of nitrogens with one attached hydrogen (secondary N) is 4. The van der Waals surface area contributed by atoms with Crippen LogP contribution in [-0.4, -0.2) is 154 Å². The lowest BCUT2D eigenvalue weighted by Crippen LogP contribution is -2.54. The predicted octanol–water partition coefficient (Wildman–Crippen LogP) is 8.34. The van der Waals surface area contributed by atoms with Crippen LogP contribution in [0.2, 0.25) is 0 Å². The zero-order valence-electron chi connectivity index (χ0n) is 53.8. The highest BCUT2D eigenvalue weighted by Crippen LogP contribution is 2.41. The molecule has 2 aromatic carbocycles. The summed E-state index contributed by atoms with van der Waals surface area (Å²) in [7, 11) is 3.15. The molecule has 2 unspecified atom stereocenters. The van der Waals surface area contributed by atoms with Gasteiger partial charge in [-0.3, -0.25) is 43.3 Å².